The Morgan fingerprint density at radius 2 is 2.14 bits per heavy atom. The lowest BCUT2D eigenvalue weighted by Crippen LogP contribution is -2.36. The number of nitrogens with zero attached hydrogens (tertiary/aromatic N) is 1. The van der Waals surface area contributed by atoms with Crippen molar-refractivity contribution in [2.24, 2.45) is 0 Å². The van der Waals surface area contributed by atoms with Gasteiger partial charge in [-0.2, -0.15) is 0 Å². The number of carbonyl (C=O) groups is 2. The molecule has 0 saturated heterocycles. The third kappa shape index (κ3) is 4.73. The fraction of sp³-hybridized carbons (Fsp3) is 0.429. The van der Waals surface area contributed by atoms with Gasteiger partial charge in [-0.3, -0.25) is 14.9 Å². The van der Waals surface area contributed by atoms with Gasteiger partial charge < -0.3 is 10.1 Å². The Bertz CT molecular complexity index is 576. The molecule has 0 saturated carbocycles. The van der Waals surface area contributed by atoms with Crippen LogP contribution in [0.25, 0.3) is 0 Å². The molecule has 0 radical (unpaired) electrons. The van der Waals surface area contributed by atoms with Crippen molar-refractivity contribution in [2.75, 3.05) is 12.8 Å². The van der Waals surface area contributed by atoms with E-state index in [-0.39, 0.29) is 11.3 Å². The van der Waals surface area contributed by atoms with Crippen molar-refractivity contribution in [3.63, 3.8) is 0 Å². The molecule has 0 fully saturated rings. The lowest BCUT2D eigenvalue weighted by atomic mass is 10.2. The van der Waals surface area contributed by atoms with Gasteiger partial charge in [0.05, 0.1) is 15.4 Å². The van der Waals surface area contributed by atoms with Gasteiger partial charge in [-0.05, 0) is 31.7 Å². The molecule has 7 nitrogen and oxygen atoms in total. The summed E-state index contributed by atoms with van der Waals surface area (Å²) in [7, 11) is 0. The van der Waals surface area contributed by atoms with Crippen LogP contribution in [0.4, 0.5) is 5.69 Å². The van der Waals surface area contributed by atoms with E-state index < -0.39 is 22.9 Å². The van der Waals surface area contributed by atoms with E-state index in [0.29, 0.717) is 11.4 Å². The number of nitro benzene ring substituents is 1. The Morgan fingerprint density at radius 1 is 1.45 bits per heavy atom. The highest BCUT2D eigenvalue weighted by atomic mass is 32.2. The number of carbonyl (C=O) groups excluding carboxylic acids is 2. The van der Waals surface area contributed by atoms with E-state index in [9.17, 15) is 19.7 Å². The summed E-state index contributed by atoms with van der Waals surface area (Å²) in [5.74, 6) is -1.17. The van der Waals surface area contributed by atoms with Gasteiger partial charge in [-0.25, -0.2) is 4.79 Å². The number of ether oxygens (including phenoxy) is 1. The molecule has 0 aliphatic heterocycles. The van der Waals surface area contributed by atoms with Gasteiger partial charge in [0, 0.05) is 12.6 Å². The van der Waals surface area contributed by atoms with Crippen molar-refractivity contribution in [1.29, 1.82) is 0 Å². The molecule has 0 aromatic heterocycles. The summed E-state index contributed by atoms with van der Waals surface area (Å²) in [4.78, 5) is 34.5. The van der Waals surface area contributed by atoms with E-state index in [2.05, 4.69) is 5.32 Å². The highest BCUT2D eigenvalue weighted by Crippen LogP contribution is 2.28. The maximum atomic E-state index is 12.0. The maximum Gasteiger partial charge on any atom is 0.339 e. The zero-order valence-corrected chi connectivity index (χ0v) is 13.4. The second-order valence-electron chi connectivity index (χ2n) is 4.48. The highest BCUT2D eigenvalue weighted by molar-refractivity contribution is 7.98. The SMILES string of the molecule is CCCNC(=O)[C@@H](C)OC(=O)c1ccc(SC)c([N+](=O)[O-])c1. The summed E-state index contributed by atoms with van der Waals surface area (Å²) in [5, 5.41) is 13.6. The molecule has 0 unspecified atom stereocenters. The first-order valence-corrected chi connectivity index (χ1v) is 7.94. The number of nitrogens with one attached hydrogen (secondary N) is 1. The summed E-state index contributed by atoms with van der Waals surface area (Å²) in [6.45, 7) is 3.85. The van der Waals surface area contributed by atoms with Crippen LogP contribution in [0.3, 0.4) is 0 Å². The van der Waals surface area contributed by atoms with E-state index in [0.717, 1.165) is 12.5 Å². The first-order valence-electron chi connectivity index (χ1n) is 6.71. The zero-order valence-electron chi connectivity index (χ0n) is 12.6. The molecule has 22 heavy (non-hydrogen) atoms. The molecular formula is C14H18N2O5S. The molecule has 0 bridgehead atoms. The quantitative estimate of drug-likeness (QED) is 0.357. The second-order valence-corrected chi connectivity index (χ2v) is 5.33. The molecule has 0 spiro atoms. The average molecular weight is 326 g/mol. The fourth-order valence-electron chi connectivity index (χ4n) is 1.63. The predicted octanol–water partition coefficient (Wildman–Crippen LogP) is 2.39. The molecule has 120 valence electrons. The summed E-state index contributed by atoms with van der Waals surface area (Å²) in [5.41, 5.74) is -0.121. The largest absolute Gasteiger partial charge is 0.449 e. The monoisotopic (exact) mass is 326 g/mol. The van der Waals surface area contributed by atoms with Crippen molar-refractivity contribution in [3.05, 3.63) is 33.9 Å². The second kappa shape index (κ2) is 8.38. The van der Waals surface area contributed by atoms with E-state index >= 15 is 0 Å². The van der Waals surface area contributed by atoms with Crippen molar-refractivity contribution < 1.29 is 19.2 Å². The van der Waals surface area contributed by atoms with Crippen molar-refractivity contribution in [3.8, 4) is 0 Å². The standard InChI is InChI=1S/C14H18N2O5S/c1-4-7-15-13(17)9(2)21-14(18)10-5-6-12(22-3)11(8-10)16(19)20/h5-6,8-9H,4,7H2,1-3H3,(H,15,17)/t9-/m1/s1. The van der Waals surface area contributed by atoms with E-state index in [4.69, 9.17) is 4.74 Å². The topological polar surface area (TPSA) is 98.5 Å². The Balaban J connectivity index is 2.83. The minimum Gasteiger partial charge on any atom is -0.449 e. The molecule has 1 aromatic carbocycles. The lowest BCUT2D eigenvalue weighted by molar-refractivity contribution is -0.387. The van der Waals surface area contributed by atoms with Gasteiger partial charge in [0.25, 0.3) is 11.6 Å². The number of nitro groups is 1. The number of thioether (sulfide) groups is 1. The van der Waals surface area contributed by atoms with Gasteiger partial charge in [0.2, 0.25) is 0 Å². The van der Waals surface area contributed by atoms with Crippen LogP contribution in [-0.4, -0.2) is 35.7 Å². The van der Waals surface area contributed by atoms with Crippen LogP contribution in [0.15, 0.2) is 23.1 Å². The van der Waals surface area contributed by atoms with Gasteiger partial charge >= 0.3 is 5.97 Å². The van der Waals surface area contributed by atoms with Crippen LogP contribution in [-0.2, 0) is 9.53 Å². The molecule has 1 aromatic rings. The molecule has 1 N–H and O–H groups in total. The van der Waals surface area contributed by atoms with Gasteiger partial charge in [-0.1, -0.05) is 6.92 Å². The number of benzene rings is 1. The first kappa shape index (κ1) is 18.0. The van der Waals surface area contributed by atoms with Crippen molar-refractivity contribution in [1.82, 2.24) is 5.32 Å². The highest BCUT2D eigenvalue weighted by Gasteiger charge is 2.21. The van der Waals surface area contributed by atoms with Crippen LogP contribution in [0, 0.1) is 10.1 Å². The van der Waals surface area contributed by atoms with Crippen LogP contribution < -0.4 is 5.32 Å². The summed E-state index contributed by atoms with van der Waals surface area (Å²) < 4.78 is 5.02. The van der Waals surface area contributed by atoms with Gasteiger partial charge in [-0.15, -0.1) is 11.8 Å². The number of rotatable bonds is 7. The normalized spacial score (nSPS) is 11.6. The Morgan fingerprint density at radius 3 is 2.68 bits per heavy atom. The smallest absolute Gasteiger partial charge is 0.339 e. The number of esters is 1. The molecule has 0 aliphatic rings. The van der Waals surface area contributed by atoms with Gasteiger partial charge in [0.15, 0.2) is 6.10 Å². The molecule has 0 aliphatic carbocycles. The maximum absolute atomic E-state index is 12.0. The third-order valence-electron chi connectivity index (χ3n) is 2.81. The van der Waals surface area contributed by atoms with Crippen LogP contribution >= 0.6 is 11.8 Å². The lowest BCUT2D eigenvalue weighted by Gasteiger charge is -2.13. The van der Waals surface area contributed by atoms with Crippen molar-refractivity contribution in [2.45, 2.75) is 31.3 Å². The summed E-state index contributed by atoms with van der Waals surface area (Å²) in [6, 6.07) is 4.09. The third-order valence-corrected chi connectivity index (χ3v) is 3.60. The molecule has 8 heteroatoms. The first-order chi connectivity index (χ1) is 10.4. The van der Waals surface area contributed by atoms with Gasteiger partial charge in [0.1, 0.15) is 0 Å². The Hall–Kier alpha value is -2.09. The molecule has 0 heterocycles. The Labute approximate surface area is 132 Å². The van der Waals surface area contributed by atoms with E-state index in [1.165, 1.54) is 30.8 Å². The molecule has 1 atom stereocenters. The molecule has 1 amide bonds. The minimum atomic E-state index is -0.960. The van der Waals surface area contributed by atoms with Crippen LogP contribution in [0.2, 0.25) is 0 Å². The van der Waals surface area contributed by atoms with Crippen LogP contribution in [0.1, 0.15) is 30.6 Å². The number of amides is 1. The fourth-order valence-corrected chi connectivity index (χ4v) is 2.18. The summed E-state index contributed by atoms with van der Waals surface area (Å²) >= 11 is 1.21. The number of hydrogen-bond donors (Lipinski definition) is 1. The minimum absolute atomic E-state index is 0.0413. The molecular weight excluding hydrogens is 308 g/mol. The average Bonchev–Trinajstić information content (AvgIpc) is 2.51. The Kier molecular flexibility index (Phi) is 6.84. The predicted molar refractivity (Wildman–Crippen MR) is 83.1 cm³/mol. The zero-order chi connectivity index (χ0) is 16.7. The van der Waals surface area contributed by atoms with Crippen molar-refractivity contribution >= 4 is 29.3 Å². The summed E-state index contributed by atoms with van der Waals surface area (Å²) in [6.07, 6.45) is 1.52. The number of hydrogen-bond acceptors (Lipinski definition) is 6. The van der Waals surface area contributed by atoms with E-state index in [1.807, 2.05) is 6.92 Å². The van der Waals surface area contributed by atoms with E-state index in [1.54, 1.807) is 6.26 Å². The van der Waals surface area contributed by atoms with Crippen LogP contribution in [0.5, 0.6) is 0 Å². The molecule has 1 rings (SSSR count).